The first-order chi connectivity index (χ1) is 16.5. The summed E-state index contributed by atoms with van der Waals surface area (Å²) < 4.78 is 7.87. The second-order valence-electron chi connectivity index (χ2n) is 8.07. The van der Waals surface area contributed by atoms with E-state index in [0.29, 0.717) is 20.6 Å². The van der Waals surface area contributed by atoms with E-state index in [2.05, 4.69) is 4.99 Å². The molecule has 0 radical (unpaired) electrons. The lowest BCUT2D eigenvalue weighted by Crippen LogP contribution is -2.39. The first-order valence-electron chi connectivity index (χ1n) is 10.8. The van der Waals surface area contributed by atoms with Gasteiger partial charge in [0.25, 0.3) is 5.56 Å². The van der Waals surface area contributed by atoms with Crippen LogP contribution in [0.2, 0.25) is 0 Å². The largest absolute Gasteiger partial charge is 0.457 e. The summed E-state index contributed by atoms with van der Waals surface area (Å²) in [5, 5.41) is 1.94. The molecule has 2 aromatic carbocycles. The standard InChI is InChI=1S/C27H22N2O3S2/c1-17-10-12-19(13-11-17)15-22-25(30)29-24(21-9-6-14-33-21)23(18(2)28-27(29)34-22)26(31)32-16-20-7-4-3-5-8-20/h3-15,24H,16H2,1-2H3/b22-15-/t24-/m0/s1. The number of carbonyl (C=O) groups is 1. The van der Waals surface area contributed by atoms with Gasteiger partial charge >= 0.3 is 5.97 Å². The second kappa shape index (κ2) is 9.37. The van der Waals surface area contributed by atoms with E-state index in [1.807, 2.05) is 85.1 Å². The van der Waals surface area contributed by atoms with Gasteiger partial charge in [-0.25, -0.2) is 9.79 Å². The van der Waals surface area contributed by atoms with Crippen molar-refractivity contribution in [2.45, 2.75) is 26.5 Å². The Labute approximate surface area is 204 Å². The fourth-order valence-electron chi connectivity index (χ4n) is 3.91. The number of esters is 1. The van der Waals surface area contributed by atoms with Gasteiger partial charge < -0.3 is 4.74 Å². The van der Waals surface area contributed by atoms with E-state index in [0.717, 1.165) is 21.6 Å². The fourth-order valence-corrected chi connectivity index (χ4v) is 5.78. The molecular weight excluding hydrogens is 464 g/mol. The van der Waals surface area contributed by atoms with Crippen LogP contribution in [0.3, 0.4) is 0 Å². The van der Waals surface area contributed by atoms with Gasteiger partial charge in [-0.05, 0) is 42.5 Å². The predicted molar refractivity (Wildman–Crippen MR) is 136 cm³/mol. The molecule has 0 aliphatic carbocycles. The van der Waals surface area contributed by atoms with Gasteiger partial charge in [-0.15, -0.1) is 11.3 Å². The summed E-state index contributed by atoms with van der Waals surface area (Å²) in [7, 11) is 0. The van der Waals surface area contributed by atoms with Gasteiger partial charge in [0.15, 0.2) is 4.80 Å². The topological polar surface area (TPSA) is 60.7 Å². The van der Waals surface area contributed by atoms with E-state index >= 15 is 0 Å². The van der Waals surface area contributed by atoms with Crippen LogP contribution in [0.4, 0.5) is 0 Å². The number of hydrogen-bond donors (Lipinski definition) is 0. The Kier molecular flexibility index (Phi) is 6.13. The van der Waals surface area contributed by atoms with Crippen LogP contribution < -0.4 is 14.9 Å². The average Bonchev–Trinajstić information content (AvgIpc) is 3.47. The number of aromatic nitrogens is 1. The molecule has 5 rings (SSSR count). The van der Waals surface area contributed by atoms with Gasteiger partial charge in [-0.2, -0.15) is 0 Å². The van der Waals surface area contributed by atoms with Crippen molar-refractivity contribution in [3.63, 3.8) is 0 Å². The van der Waals surface area contributed by atoms with Crippen molar-refractivity contribution < 1.29 is 9.53 Å². The minimum Gasteiger partial charge on any atom is -0.457 e. The Hall–Kier alpha value is -3.55. The molecule has 34 heavy (non-hydrogen) atoms. The van der Waals surface area contributed by atoms with Crippen molar-refractivity contribution in [2.75, 3.05) is 0 Å². The van der Waals surface area contributed by atoms with E-state index in [9.17, 15) is 9.59 Å². The smallest absolute Gasteiger partial charge is 0.338 e. The first kappa shape index (κ1) is 22.3. The van der Waals surface area contributed by atoms with Crippen LogP contribution in [0.25, 0.3) is 6.08 Å². The Morgan fingerprint density at radius 1 is 1.06 bits per heavy atom. The second-order valence-corrected chi connectivity index (χ2v) is 10.1. The molecule has 0 fully saturated rings. The molecule has 1 aliphatic heterocycles. The van der Waals surface area contributed by atoms with E-state index < -0.39 is 12.0 Å². The van der Waals surface area contributed by atoms with Crippen molar-refractivity contribution in [1.82, 2.24) is 4.57 Å². The minimum atomic E-state index is -0.570. The number of thiophene rings is 1. The highest BCUT2D eigenvalue weighted by Crippen LogP contribution is 2.33. The molecule has 7 heteroatoms. The monoisotopic (exact) mass is 486 g/mol. The van der Waals surface area contributed by atoms with Gasteiger partial charge in [-0.1, -0.05) is 77.6 Å². The normalized spacial score (nSPS) is 15.7. The van der Waals surface area contributed by atoms with Crippen LogP contribution in [0.15, 0.2) is 93.2 Å². The predicted octanol–water partition coefficient (Wildman–Crippen LogP) is 4.35. The zero-order valence-electron chi connectivity index (χ0n) is 18.7. The molecule has 0 N–H and O–H groups in total. The molecule has 2 aromatic heterocycles. The van der Waals surface area contributed by atoms with Crippen molar-refractivity contribution in [3.05, 3.63) is 125 Å². The molecule has 170 valence electrons. The van der Waals surface area contributed by atoms with Crippen molar-refractivity contribution in [3.8, 4) is 0 Å². The zero-order valence-corrected chi connectivity index (χ0v) is 20.4. The molecule has 5 nitrogen and oxygen atoms in total. The highest BCUT2D eigenvalue weighted by Gasteiger charge is 2.34. The van der Waals surface area contributed by atoms with E-state index in [4.69, 9.17) is 4.74 Å². The van der Waals surface area contributed by atoms with E-state index in [1.54, 1.807) is 11.5 Å². The number of allylic oxidation sites excluding steroid dienone is 1. The lowest BCUT2D eigenvalue weighted by Gasteiger charge is -2.23. The van der Waals surface area contributed by atoms with Gasteiger partial charge in [-0.3, -0.25) is 9.36 Å². The number of ether oxygens (including phenoxy) is 1. The van der Waals surface area contributed by atoms with Crippen LogP contribution >= 0.6 is 22.7 Å². The molecule has 1 atom stereocenters. The highest BCUT2D eigenvalue weighted by molar-refractivity contribution is 7.10. The van der Waals surface area contributed by atoms with Gasteiger partial charge in [0, 0.05) is 4.88 Å². The quantitative estimate of drug-likeness (QED) is 0.394. The SMILES string of the molecule is CC1=C(C(=O)OCc2ccccc2)[C@H](c2cccs2)n2c(s/c(=C\c3ccc(C)cc3)c2=O)=N1. The van der Waals surface area contributed by atoms with Crippen LogP contribution in [0.1, 0.15) is 34.5 Å². The number of thiazole rings is 1. The number of fused-ring (bicyclic) bond motifs is 1. The van der Waals surface area contributed by atoms with E-state index in [1.165, 1.54) is 22.7 Å². The number of rotatable bonds is 5. The van der Waals surface area contributed by atoms with Gasteiger partial charge in [0.05, 0.1) is 15.8 Å². The number of hydrogen-bond acceptors (Lipinski definition) is 6. The van der Waals surface area contributed by atoms with Crippen LogP contribution in [-0.4, -0.2) is 10.5 Å². The molecule has 0 saturated carbocycles. The average molecular weight is 487 g/mol. The van der Waals surface area contributed by atoms with Crippen LogP contribution in [-0.2, 0) is 16.1 Å². The number of nitrogens with zero attached hydrogens (tertiary/aromatic N) is 2. The number of aryl methyl sites for hydroxylation is 1. The summed E-state index contributed by atoms with van der Waals surface area (Å²) >= 11 is 2.84. The Morgan fingerprint density at radius 3 is 2.53 bits per heavy atom. The third kappa shape index (κ3) is 4.32. The summed E-state index contributed by atoms with van der Waals surface area (Å²) in [6.07, 6.45) is 1.88. The van der Waals surface area contributed by atoms with E-state index in [-0.39, 0.29) is 12.2 Å². The van der Waals surface area contributed by atoms with Crippen molar-refractivity contribution in [2.24, 2.45) is 4.99 Å². The molecule has 0 spiro atoms. The summed E-state index contributed by atoms with van der Waals surface area (Å²) in [6, 6.07) is 20.8. The van der Waals surface area contributed by atoms with Crippen LogP contribution in [0.5, 0.6) is 0 Å². The summed E-state index contributed by atoms with van der Waals surface area (Å²) in [4.78, 5) is 33.0. The van der Waals surface area contributed by atoms with Crippen molar-refractivity contribution in [1.29, 1.82) is 0 Å². The summed E-state index contributed by atoms with van der Waals surface area (Å²) in [5.74, 6) is -0.462. The number of benzene rings is 2. The molecule has 0 bridgehead atoms. The lowest BCUT2D eigenvalue weighted by atomic mass is 10.0. The Bertz CT molecular complexity index is 1540. The maximum absolute atomic E-state index is 13.6. The third-order valence-corrected chi connectivity index (χ3v) is 7.55. The lowest BCUT2D eigenvalue weighted by molar-refractivity contribution is -0.140. The molecule has 4 aromatic rings. The number of carbonyl (C=O) groups excluding carboxylic acids is 1. The fraction of sp³-hybridized carbons (Fsp3) is 0.148. The molecule has 0 unspecified atom stereocenters. The third-order valence-electron chi connectivity index (χ3n) is 5.64. The molecule has 3 heterocycles. The Morgan fingerprint density at radius 2 is 1.82 bits per heavy atom. The van der Waals surface area contributed by atoms with Crippen molar-refractivity contribution >= 4 is 34.7 Å². The maximum atomic E-state index is 13.6. The van der Waals surface area contributed by atoms with Gasteiger partial charge in [0.2, 0.25) is 0 Å². The highest BCUT2D eigenvalue weighted by atomic mass is 32.1. The summed E-state index contributed by atoms with van der Waals surface area (Å²) in [5.41, 5.74) is 3.81. The van der Waals surface area contributed by atoms with Crippen LogP contribution in [0, 0.1) is 6.92 Å². The minimum absolute atomic E-state index is 0.158. The summed E-state index contributed by atoms with van der Waals surface area (Å²) in [6.45, 7) is 3.99. The maximum Gasteiger partial charge on any atom is 0.338 e. The Balaban J connectivity index is 1.58. The first-order valence-corrected chi connectivity index (χ1v) is 12.5. The van der Waals surface area contributed by atoms with Gasteiger partial charge in [0.1, 0.15) is 12.6 Å². The zero-order chi connectivity index (χ0) is 23.7. The molecule has 1 aliphatic rings. The molecule has 0 amide bonds. The molecular formula is C27H22N2O3S2. The molecule has 0 saturated heterocycles.